The highest BCUT2D eigenvalue weighted by molar-refractivity contribution is 5.79. The van der Waals surface area contributed by atoms with Crippen LogP contribution in [0.1, 0.15) is 29.3 Å². The molecule has 0 bridgehead atoms. The van der Waals surface area contributed by atoms with Gasteiger partial charge in [-0.05, 0) is 61.7 Å². The number of hydrogen-bond acceptors (Lipinski definition) is 4. The van der Waals surface area contributed by atoms with Crippen LogP contribution in [0.4, 0.5) is 0 Å². The lowest BCUT2D eigenvalue weighted by Crippen LogP contribution is -2.37. The molecular formula is C22H28N6O. The van der Waals surface area contributed by atoms with Gasteiger partial charge in [-0.2, -0.15) is 5.10 Å². The van der Waals surface area contributed by atoms with Crippen LogP contribution in [0, 0.1) is 13.8 Å². The van der Waals surface area contributed by atoms with Gasteiger partial charge in [0, 0.05) is 32.1 Å². The predicted octanol–water partition coefficient (Wildman–Crippen LogP) is 3.48. The Labute approximate surface area is 171 Å². The maximum atomic E-state index is 5.92. The molecule has 0 aliphatic rings. The van der Waals surface area contributed by atoms with Crippen molar-refractivity contribution in [3.63, 3.8) is 0 Å². The Morgan fingerprint density at radius 3 is 2.66 bits per heavy atom. The first kappa shape index (κ1) is 20.4. The zero-order chi connectivity index (χ0) is 20.6. The molecule has 0 aliphatic carbocycles. The van der Waals surface area contributed by atoms with Crippen LogP contribution in [0.3, 0.4) is 0 Å². The molecule has 29 heavy (non-hydrogen) atoms. The largest absolute Gasteiger partial charge is 0.439 e. The highest BCUT2D eigenvalue weighted by Crippen LogP contribution is 2.22. The van der Waals surface area contributed by atoms with Crippen LogP contribution in [0.5, 0.6) is 11.6 Å². The second-order valence-electron chi connectivity index (χ2n) is 6.85. The molecule has 2 aromatic heterocycles. The minimum absolute atomic E-state index is 0.520. The van der Waals surface area contributed by atoms with E-state index in [0.717, 1.165) is 29.5 Å². The van der Waals surface area contributed by atoms with Crippen LogP contribution in [0.25, 0.3) is 0 Å². The monoisotopic (exact) mass is 392 g/mol. The zero-order valence-electron chi connectivity index (χ0n) is 17.4. The smallest absolute Gasteiger partial charge is 0.219 e. The van der Waals surface area contributed by atoms with Crippen molar-refractivity contribution >= 4 is 5.96 Å². The molecule has 0 unspecified atom stereocenters. The molecule has 3 rings (SSSR count). The Kier molecular flexibility index (Phi) is 6.84. The van der Waals surface area contributed by atoms with Gasteiger partial charge < -0.3 is 15.4 Å². The molecule has 3 aromatic rings. The van der Waals surface area contributed by atoms with Crippen LogP contribution in [-0.4, -0.2) is 27.3 Å². The molecule has 152 valence electrons. The summed E-state index contributed by atoms with van der Waals surface area (Å²) in [7, 11) is 1.93. The Balaban J connectivity index is 1.65. The maximum absolute atomic E-state index is 5.92. The minimum atomic E-state index is 0.520. The van der Waals surface area contributed by atoms with Crippen molar-refractivity contribution in [2.24, 2.45) is 12.0 Å². The van der Waals surface area contributed by atoms with Gasteiger partial charge in [-0.15, -0.1) is 0 Å². The molecule has 0 fully saturated rings. The van der Waals surface area contributed by atoms with Gasteiger partial charge in [-0.1, -0.05) is 6.07 Å². The van der Waals surface area contributed by atoms with E-state index in [-0.39, 0.29) is 0 Å². The zero-order valence-corrected chi connectivity index (χ0v) is 17.4. The van der Waals surface area contributed by atoms with Crippen molar-refractivity contribution in [2.45, 2.75) is 33.9 Å². The van der Waals surface area contributed by atoms with Crippen molar-refractivity contribution in [3.8, 4) is 11.6 Å². The van der Waals surface area contributed by atoms with E-state index in [0.29, 0.717) is 19.0 Å². The second kappa shape index (κ2) is 9.73. The fraction of sp³-hybridized carbons (Fsp3) is 0.318. The fourth-order valence-electron chi connectivity index (χ4n) is 2.76. The molecule has 0 saturated heterocycles. The summed E-state index contributed by atoms with van der Waals surface area (Å²) in [4.78, 5) is 8.99. The van der Waals surface area contributed by atoms with Gasteiger partial charge in [-0.25, -0.2) is 9.98 Å². The van der Waals surface area contributed by atoms with Crippen LogP contribution < -0.4 is 15.4 Å². The summed E-state index contributed by atoms with van der Waals surface area (Å²) in [5.41, 5.74) is 4.54. The molecule has 0 amide bonds. The molecule has 2 heterocycles. The quantitative estimate of drug-likeness (QED) is 0.476. The molecular weight excluding hydrogens is 364 g/mol. The SMILES string of the molecule is CCNC(=NCc1ccnc(Oc2ccc(C)c(C)c2)c1)NCc1ccnn1C. The summed E-state index contributed by atoms with van der Waals surface area (Å²) in [6.07, 6.45) is 3.53. The number of rotatable bonds is 7. The molecule has 0 spiro atoms. The van der Waals surface area contributed by atoms with Crippen LogP contribution >= 0.6 is 0 Å². The summed E-state index contributed by atoms with van der Waals surface area (Å²) in [5, 5.41) is 10.8. The normalized spacial score (nSPS) is 11.4. The van der Waals surface area contributed by atoms with E-state index in [1.807, 2.05) is 49.0 Å². The minimum Gasteiger partial charge on any atom is -0.439 e. The Morgan fingerprint density at radius 1 is 1.07 bits per heavy atom. The number of hydrogen-bond donors (Lipinski definition) is 2. The third kappa shape index (κ3) is 5.81. The Bertz CT molecular complexity index is 979. The molecule has 0 atom stereocenters. The maximum Gasteiger partial charge on any atom is 0.219 e. The van der Waals surface area contributed by atoms with E-state index in [1.165, 1.54) is 11.1 Å². The fourth-order valence-corrected chi connectivity index (χ4v) is 2.76. The lowest BCUT2D eigenvalue weighted by atomic mass is 10.1. The molecule has 0 aliphatic heterocycles. The van der Waals surface area contributed by atoms with E-state index < -0.39 is 0 Å². The number of nitrogens with zero attached hydrogens (tertiary/aromatic N) is 4. The molecule has 0 saturated carbocycles. The summed E-state index contributed by atoms with van der Waals surface area (Å²) in [6.45, 7) is 8.16. The van der Waals surface area contributed by atoms with Gasteiger partial charge in [0.25, 0.3) is 0 Å². The van der Waals surface area contributed by atoms with Gasteiger partial charge in [0.15, 0.2) is 5.96 Å². The Hall–Kier alpha value is -3.35. The number of ether oxygens (including phenoxy) is 1. The summed E-state index contributed by atoms with van der Waals surface area (Å²) >= 11 is 0. The first-order valence-electron chi connectivity index (χ1n) is 9.74. The lowest BCUT2D eigenvalue weighted by Gasteiger charge is -2.12. The van der Waals surface area contributed by atoms with Crippen molar-refractivity contribution in [1.29, 1.82) is 0 Å². The predicted molar refractivity (Wildman–Crippen MR) is 115 cm³/mol. The van der Waals surface area contributed by atoms with E-state index in [9.17, 15) is 0 Å². The highest BCUT2D eigenvalue weighted by atomic mass is 16.5. The van der Waals surface area contributed by atoms with Crippen LogP contribution in [0.2, 0.25) is 0 Å². The second-order valence-corrected chi connectivity index (χ2v) is 6.85. The lowest BCUT2D eigenvalue weighted by molar-refractivity contribution is 0.461. The molecule has 0 radical (unpaired) electrons. The van der Waals surface area contributed by atoms with Crippen molar-refractivity contribution in [2.75, 3.05) is 6.54 Å². The van der Waals surface area contributed by atoms with E-state index in [1.54, 1.807) is 12.4 Å². The number of benzene rings is 1. The standard InChI is InChI=1S/C22H28N6O/c1-5-23-22(26-15-19-9-11-27-28(19)4)25-14-18-8-10-24-21(13-18)29-20-7-6-16(2)17(3)12-20/h6-13H,5,14-15H2,1-4H3,(H2,23,25,26). The summed E-state index contributed by atoms with van der Waals surface area (Å²) in [5.74, 6) is 2.10. The van der Waals surface area contributed by atoms with E-state index >= 15 is 0 Å². The highest BCUT2D eigenvalue weighted by Gasteiger charge is 2.04. The van der Waals surface area contributed by atoms with Crippen molar-refractivity contribution in [3.05, 3.63) is 71.2 Å². The average Bonchev–Trinajstić information content (AvgIpc) is 3.12. The van der Waals surface area contributed by atoms with Crippen molar-refractivity contribution < 1.29 is 4.74 Å². The number of guanidine groups is 1. The van der Waals surface area contributed by atoms with Gasteiger partial charge in [-0.3, -0.25) is 4.68 Å². The van der Waals surface area contributed by atoms with Gasteiger partial charge >= 0.3 is 0 Å². The molecule has 2 N–H and O–H groups in total. The van der Waals surface area contributed by atoms with Crippen LogP contribution in [-0.2, 0) is 20.1 Å². The Morgan fingerprint density at radius 2 is 1.93 bits per heavy atom. The molecule has 1 aromatic carbocycles. The van der Waals surface area contributed by atoms with Crippen molar-refractivity contribution in [1.82, 2.24) is 25.4 Å². The third-order valence-corrected chi connectivity index (χ3v) is 4.62. The number of aryl methyl sites for hydroxylation is 3. The topological polar surface area (TPSA) is 76.4 Å². The van der Waals surface area contributed by atoms with Crippen LogP contribution in [0.15, 0.2) is 53.8 Å². The van der Waals surface area contributed by atoms with Gasteiger partial charge in [0.2, 0.25) is 5.88 Å². The number of aliphatic imine (C=N–C) groups is 1. The van der Waals surface area contributed by atoms with Gasteiger partial charge in [0.05, 0.1) is 18.8 Å². The number of aromatic nitrogens is 3. The van der Waals surface area contributed by atoms with E-state index in [2.05, 4.69) is 45.6 Å². The average molecular weight is 393 g/mol. The molecule has 7 nitrogen and oxygen atoms in total. The third-order valence-electron chi connectivity index (χ3n) is 4.62. The summed E-state index contributed by atoms with van der Waals surface area (Å²) in [6, 6.07) is 11.9. The van der Waals surface area contributed by atoms with E-state index in [4.69, 9.17) is 4.74 Å². The first-order valence-corrected chi connectivity index (χ1v) is 9.74. The summed E-state index contributed by atoms with van der Waals surface area (Å²) < 4.78 is 7.76. The molecule has 7 heteroatoms. The van der Waals surface area contributed by atoms with Gasteiger partial charge in [0.1, 0.15) is 5.75 Å². The number of nitrogens with one attached hydrogen (secondary N) is 2. The first-order chi connectivity index (χ1) is 14.0. The number of pyridine rings is 1.